The first-order chi connectivity index (χ1) is 3.83. The smallest absolute Gasteiger partial charge is 0.170 e. The second kappa shape index (κ2) is 2.37. The molecule has 1 rings (SSSR count). The molecule has 0 spiro atoms. The Morgan fingerprint density at radius 3 is 2.88 bits per heavy atom. The van der Waals surface area contributed by atoms with Gasteiger partial charge in [0.25, 0.3) is 0 Å². The third-order valence-corrected chi connectivity index (χ3v) is 1.51. The number of rotatable bonds is 1. The van der Waals surface area contributed by atoms with E-state index in [4.69, 9.17) is 4.84 Å². The van der Waals surface area contributed by atoms with Crippen LogP contribution in [0.2, 0.25) is 0 Å². The van der Waals surface area contributed by atoms with Gasteiger partial charge < -0.3 is 0 Å². The van der Waals surface area contributed by atoms with Crippen molar-refractivity contribution in [3.63, 3.8) is 0 Å². The summed E-state index contributed by atoms with van der Waals surface area (Å²) in [4.78, 5) is 5.08. The number of thioether (sulfide) groups is 1. The van der Waals surface area contributed by atoms with E-state index in [-0.39, 0.29) is 5.44 Å². The Labute approximate surface area is 52.6 Å². The molecule has 0 aromatic heterocycles. The molecule has 0 bridgehead atoms. The van der Waals surface area contributed by atoms with Crippen molar-refractivity contribution < 1.29 is 4.84 Å². The van der Waals surface area contributed by atoms with Gasteiger partial charge in [0, 0.05) is 0 Å². The Balaban J connectivity index is 2.34. The molecule has 0 N–H and O–H groups in total. The number of hydrazone groups is 1. The Bertz CT molecular complexity index is 106. The summed E-state index contributed by atoms with van der Waals surface area (Å²) in [7, 11) is 1.77. The van der Waals surface area contributed by atoms with Crippen LogP contribution in [-0.4, -0.2) is 30.1 Å². The van der Waals surface area contributed by atoms with Crippen LogP contribution in [0.5, 0.6) is 0 Å². The van der Waals surface area contributed by atoms with Gasteiger partial charge in [-0.1, -0.05) is 0 Å². The molecule has 0 saturated heterocycles. The van der Waals surface area contributed by atoms with E-state index in [1.54, 1.807) is 25.0 Å². The van der Waals surface area contributed by atoms with E-state index in [1.807, 2.05) is 6.26 Å². The summed E-state index contributed by atoms with van der Waals surface area (Å²) in [5, 5.41) is 5.31. The standard InChI is InChI=1S/C4H8N2OS/c1-6-5-3-4(7-6)8-2/h3-4H,1-2H3. The molecule has 0 aliphatic carbocycles. The summed E-state index contributed by atoms with van der Waals surface area (Å²) >= 11 is 1.62. The quantitative estimate of drug-likeness (QED) is 0.520. The van der Waals surface area contributed by atoms with Gasteiger partial charge in [0.2, 0.25) is 0 Å². The molecule has 4 heteroatoms. The lowest BCUT2D eigenvalue weighted by molar-refractivity contribution is -0.113. The van der Waals surface area contributed by atoms with Crippen molar-refractivity contribution in [2.45, 2.75) is 5.44 Å². The fourth-order valence-corrected chi connectivity index (χ4v) is 0.844. The molecule has 0 aromatic carbocycles. The molecule has 1 aliphatic rings. The number of hydrogen-bond donors (Lipinski definition) is 0. The molecule has 1 aliphatic heterocycles. The lowest BCUT2D eigenvalue weighted by Gasteiger charge is -2.06. The summed E-state index contributed by atoms with van der Waals surface area (Å²) in [6.45, 7) is 0. The molecule has 0 amide bonds. The van der Waals surface area contributed by atoms with Crippen molar-refractivity contribution in [2.75, 3.05) is 13.3 Å². The van der Waals surface area contributed by atoms with E-state index in [0.29, 0.717) is 0 Å². The highest BCUT2D eigenvalue weighted by Gasteiger charge is 2.12. The Morgan fingerprint density at radius 2 is 2.62 bits per heavy atom. The van der Waals surface area contributed by atoms with Crippen LogP contribution in [0, 0.1) is 0 Å². The highest BCUT2D eigenvalue weighted by atomic mass is 32.2. The van der Waals surface area contributed by atoms with Crippen LogP contribution in [0.25, 0.3) is 0 Å². The number of hydroxylamine groups is 1. The first-order valence-corrected chi connectivity index (χ1v) is 3.59. The number of nitrogens with zero attached hydrogens (tertiary/aromatic N) is 2. The van der Waals surface area contributed by atoms with Gasteiger partial charge in [0.05, 0.1) is 13.3 Å². The van der Waals surface area contributed by atoms with Gasteiger partial charge in [-0.3, -0.25) is 0 Å². The zero-order valence-electron chi connectivity index (χ0n) is 4.87. The van der Waals surface area contributed by atoms with Gasteiger partial charge >= 0.3 is 0 Å². The minimum absolute atomic E-state index is 0.125. The third-order valence-electron chi connectivity index (χ3n) is 0.840. The van der Waals surface area contributed by atoms with Gasteiger partial charge in [-0.15, -0.1) is 11.8 Å². The van der Waals surface area contributed by atoms with E-state index < -0.39 is 0 Å². The van der Waals surface area contributed by atoms with Crippen LogP contribution in [0.4, 0.5) is 0 Å². The highest BCUT2D eigenvalue weighted by Crippen LogP contribution is 2.11. The molecular weight excluding hydrogens is 124 g/mol. The first-order valence-electron chi connectivity index (χ1n) is 2.30. The summed E-state index contributed by atoms with van der Waals surface area (Å²) in [6, 6.07) is 0. The molecule has 0 saturated carbocycles. The van der Waals surface area contributed by atoms with E-state index in [0.717, 1.165) is 0 Å². The van der Waals surface area contributed by atoms with Crippen LogP contribution < -0.4 is 0 Å². The Hall–Kier alpha value is -0.220. The minimum atomic E-state index is 0.125. The van der Waals surface area contributed by atoms with Crippen molar-refractivity contribution in [3.05, 3.63) is 0 Å². The zero-order chi connectivity index (χ0) is 5.98. The second-order valence-electron chi connectivity index (χ2n) is 1.44. The average molecular weight is 132 g/mol. The van der Waals surface area contributed by atoms with Crippen LogP contribution in [0.1, 0.15) is 0 Å². The Kier molecular flexibility index (Phi) is 1.75. The molecule has 0 aromatic rings. The normalized spacial score (nSPS) is 27.2. The predicted octanol–water partition coefficient (Wildman–Crippen LogP) is 0.538. The van der Waals surface area contributed by atoms with Crippen LogP contribution in [0.15, 0.2) is 5.10 Å². The van der Waals surface area contributed by atoms with Gasteiger partial charge in [-0.2, -0.15) is 10.3 Å². The molecule has 1 heterocycles. The topological polar surface area (TPSA) is 24.8 Å². The lowest BCUT2D eigenvalue weighted by atomic mass is 10.8. The SMILES string of the molecule is CSC1C=NN(C)O1. The predicted molar refractivity (Wildman–Crippen MR) is 34.6 cm³/mol. The van der Waals surface area contributed by atoms with E-state index in [1.165, 1.54) is 5.17 Å². The van der Waals surface area contributed by atoms with Gasteiger partial charge in [0.15, 0.2) is 5.44 Å². The molecule has 0 radical (unpaired) electrons. The minimum Gasteiger partial charge on any atom is -0.237 e. The van der Waals surface area contributed by atoms with Crippen molar-refractivity contribution in [2.24, 2.45) is 5.10 Å². The molecule has 1 atom stereocenters. The second-order valence-corrected chi connectivity index (χ2v) is 2.37. The van der Waals surface area contributed by atoms with Crippen LogP contribution >= 0.6 is 11.8 Å². The fraction of sp³-hybridized carbons (Fsp3) is 0.750. The molecular formula is C4H8N2OS. The molecule has 8 heavy (non-hydrogen) atoms. The van der Waals surface area contributed by atoms with E-state index >= 15 is 0 Å². The van der Waals surface area contributed by atoms with Gasteiger partial charge in [-0.05, 0) is 6.26 Å². The summed E-state index contributed by atoms with van der Waals surface area (Å²) in [6.07, 6.45) is 3.75. The molecule has 46 valence electrons. The third kappa shape index (κ3) is 1.14. The van der Waals surface area contributed by atoms with Crippen LogP contribution in [-0.2, 0) is 4.84 Å². The lowest BCUT2D eigenvalue weighted by Crippen LogP contribution is -2.10. The Morgan fingerprint density at radius 1 is 1.88 bits per heavy atom. The molecule has 0 fully saturated rings. The average Bonchev–Trinajstić information content (AvgIpc) is 2.14. The maximum atomic E-state index is 5.08. The zero-order valence-corrected chi connectivity index (χ0v) is 5.68. The number of hydrogen-bond acceptors (Lipinski definition) is 4. The highest BCUT2D eigenvalue weighted by molar-refractivity contribution is 7.99. The van der Waals surface area contributed by atoms with Crippen molar-refractivity contribution in [1.82, 2.24) is 5.17 Å². The fourth-order valence-electron chi connectivity index (χ4n) is 0.457. The summed E-state index contributed by atoms with van der Waals surface area (Å²) < 4.78 is 0. The largest absolute Gasteiger partial charge is 0.237 e. The summed E-state index contributed by atoms with van der Waals surface area (Å²) in [5.74, 6) is 0. The van der Waals surface area contributed by atoms with E-state index in [2.05, 4.69) is 5.10 Å². The van der Waals surface area contributed by atoms with Gasteiger partial charge in [0.1, 0.15) is 0 Å². The molecule has 3 nitrogen and oxygen atoms in total. The van der Waals surface area contributed by atoms with Gasteiger partial charge in [-0.25, -0.2) is 4.84 Å². The summed E-state index contributed by atoms with van der Waals surface area (Å²) in [5.41, 5.74) is 0.125. The maximum Gasteiger partial charge on any atom is 0.170 e. The van der Waals surface area contributed by atoms with Crippen LogP contribution in [0.3, 0.4) is 0 Å². The van der Waals surface area contributed by atoms with E-state index in [9.17, 15) is 0 Å². The van der Waals surface area contributed by atoms with Crippen molar-refractivity contribution in [1.29, 1.82) is 0 Å². The molecule has 1 unspecified atom stereocenters. The first kappa shape index (κ1) is 5.91. The monoisotopic (exact) mass is 132 g/mol. The van der Waals surface area contributed by atoms with Crippen molar-refractivity contribution in [3.8, 4) is 0 Å². The van der Waals surface area contributed by atoms with Crippen molar-refractivity contribution >= 4 is 18.0 Å². The maximum absolute atomic E-state index is 5.08.